The first kappa shape index (κ1) is 23.4. The van der Waals surface area contributed by atoms with Crippen molar-refractivity contribution >= 4 is 11.8 Å². The van der Waals surface area contributed by atoms with Gasteiger partial charge in [-0.2, -0.15) is 5.26 Å². The number of rotatable bonds is 6. The fourth-order valence-corrected chi connectivity index (χ4v) is 8.02. The third-order valence-corrected chi connectivity index (χ3v) is 9.76. The Morgan fingerprint density at radius 3 is 2.47 bits per heavy atom. The quantitative estimate of drug-likeness (QED) is 0.479. The number of benzene rings is 1. The van der Waals surface area contributed by atoms with Crippen molar-refractivity contribution in [1.29, 1.82) is 5.26 Å². The molecule has 4 bridgehead atoms. The molecule has 1 heterocycles. The Morgan fingerprint density at radius 2 is 1.88 bits per heavy atom. The van der Waals surface area contributed by atoms with Crippen LogP contribution in [0.2, 0.25) is 0 Å². The third kappa shape index (κ3) is 3.82. The highest BCUT2D eigenvalue weighted by molar-refractivity contribution is 5.90. The van der Waals surface area contributed by atoms with E-state index < -0.39 is 16.9 Å². The molecule has 0 spiro atoms. The number of likely N-dealkylation sites (tertiary alicyclic amines) is 1. The first-order valence-corrected chi connectivity index (χ1v) is 13.0. The summed E-state index contributed by atoms with van der Waals surface area (Å²) < 4.78 is 0. The van der Waals surface area contributed by atoms with E-state index in [1.807, 2.05) is 0 Å². The number of piperidine rings is 1. The molecule has 4 saturated carbocycles. The summed E-state index contributed by atoms with van der Waals surface area (Å²) >= 11 is 0. The molecule has 6 heteroatoms. The number of hydrogen-bond donors (Lipinski definition) is 2. The molecule has 1 aromatic rings. The fourth-order valence-electron chi connectivity index (χ4n) is 8.02. The van der Waals surface area contributed by atoms with Gasteiger partial charge in [-0.3, -0.25) is 14.7 Å². The van der Waals surface area contributed by atoms with Gasteiger partial charge >= 0.3 is 5.97 Å². The van der Waals surface area contributed by atoms with Crippen LogP contribution in [0.3, 0.4) is 0 Å². The van der Waals surface area contributed by atoms with Crippen molar-refractivity contribution in [1.82, 2.24) is 4.90 Å². The number of nitriles is 1. The van der Waals surface area contributed by atoms with E-state index in [2.05, 4.69) is 49.1 Å². The number of hydrogen-bond acceptors (Lipinski definition) is 4. The molecule has 0 aromatic heterocycles. The van der Waals surface area contributed by atoms with Crippen molar-refractivity contribution in [2.24, 2.45) is 33.9 Å². The second kappa shape index (κ2) is 8.68. The molecule has 5 fully saturated rings. The molecule has 0 amide bonds. The average molecular weight is 463 g/mol. The zero-order valence-electron chi connectivity index (χ0n) is 20.5. The first-order chi connectivity index (χ1) is 16.3. The van der Waals surface area contributed by atoms with Crippen molar-refractivity contribution < 1.29 is 9.90 Å². The molecule has 34 heavy (non-hydrogen) atoms. The van der Waals surface area contributed by atoms with Gasteiger partial charge in [-0.15, -0.1) is 0 Å². The summed E-state index contributed by atoms with van der Waals surface area (Å²) in [6, 6.07) is 11.1. The molecule has 3 unspecified atom stereocenters. The molecular formula is C28H38N4O2. The zero-order chi connectivity index (χ0) is 24.1. The maximum atomic E-state index is 12.1. The number of carbonyl (C=O) groups is 1. The maximum Gasteiger partial charge on any atom is 0.309 e. The van der Waals surface area contributed by atoms with Crippen LogP contribution in [-0.4, -0.2) is 46.5 Å². The summed E-state index contributed by atoms with van der Waals surface area (Å²) in [4.78, 5) is 19.6. The summed E-state index contributed by atoms with van der Waals surface area (Å²) in [6.45, 7) is 6.06. The summed E-state index contributed by atoms with van der Waals surface area (Å²) in [5.74, 6) is 1.63. The minimum atomic E-state index is -0.617. The van der Waals surface area contributed by atoms with Gasteiger partial charge in [0.05, 0.1) is 29.5 Å². The maximum absolute atomic E-state index is 12.1. The van der Waals surface area contributed by atoms with Crippen LogP contribution in [0.15, 0.2) is 29.3 Å². The summed E-state index contributed by atoms with van der Waals surface area (Å²) in [7, 11) is 0. The third-order valence-electron chi connectivity index (χ3n) is 9.76. The van der Waals surface area contributed by atoms with E-state index in [1.165, 1.54) is 11.1 Å². The minimum Gasteiger partial charge on any atom is -0.481 e. The number of nitrogens with zero attached hydrogens (tertiary/aromatic N) is 3. The molecule has 5 aliphatic rings. The minimum absolute atomic E-state index is 0.103. The first-order valence-electron chi connectivity index (χ1n) is 13.0. The zero-order valence-corrected chi connectivity index (χ0v) is 20.5. The number of aryl methyl sites for hydroxylation is 1. The van der Waals surface area contributed by atoms with Gasteiger partial charge in [0.1, 0.15) is 5.84 Å². The topological polar surface area (TPSA) is 103 Å². The van der Waals surface area contributed by atoms with Gasteiger partial charge in [0.25, 0.3) is 0 Å². The van der Waals surface area contributed by atoms with Crippen molar-refractivity contribution in [2.75, 3.05) is 13.1 Å². The molecule has 3 N–H and O–H groups in total. The van der Waals surface area contributed by atoms with E-state index in [4.69, 9.17) is 10.7 Å². The van der Waals surface area contributed by atoms with E-state index in [9.17, 15) is 15.2 Å². The largest absolute Gasteiger partial charge is 0.481 e. The molecule has 6 nitrogen and oxygen atoms in total. The lowest BCUT2D eigenvalue weighted by Crippen LogP contribution is -2.59. The van der Waals surface area contributed by atoms with Crippen LogP contribution in [0.1, 0.15) is 75.3 Å². The van der Waals surface area contributed by atoms with Gasteiger partial charge in [-0.1, -0.05) is 24.3 Å². The smallest absolute Gasteiger partial charge is 0.309 e. The number of carboxylic acids is 1. The Balaban J connectivity index is 1.33. The molecule has 1 saturated heterocycles. The number of carboxylic acid groups (broad SMARTS) is 1. The highest BCUT2D eigenvalue weighted by atomic mass is 16.4. The molecular weight excluding hydrogens is 424 g/mol. The molecule has 0 radical (unpaired) electrons. The van der Waals surface area contributed by atoms with Crippen LogP contribution >= 0.6 is 0 Å². The predicted octanol–water partition coefficient (Wildman–Crippen LogP) is 4.48. The molecule has 4 aliphatic carbocycles. The summed E-state index contributed by atoms with van der Waals surface area (Å²) in [5.41, 5.74) is 8.42. The van der Waals surface area contributed by atoms with Crippen LogP contribution in [0.4, 0.5) is 0 Å². The highest BCUT2D eigenvalue weighted by Gasteiger charge is 2.59. The van der Waals surface area contributed by atoms with E-state index in [0.717, 1.165) is 58.0 Å². The normalized spacial score (nSPS) is 35.6. The van der Waals surface area contributed by atoms with Crippen molar-refractivity contribution in [3.05, 3.63) is 35.4 Å². The van der Waals surface area contributed by atoms with Gasteiger partial charge < -0.3 is 10.8 Å². The van der Waals surface area contributed by atoms with Crippen molar-refractivity contribution in [2.45, 2.75) is 82.7 Å². The van der Waals surface area contributed by atoms with Crippen LogP contribution < -0.4 is 5.73 Å². The SMILES string of the molecule is Cc1ccccc1C1CCN(C(C)(CC#N)C(N)=NC2C3CC4CC2CC(C(=O)O)(C4)C3)CC1. The molecule has 1 aromatic carbocycles. The molecule has 1 aliphatic heterocycles. The van der Waals surface area contributed by atoms with E-state index in [-0.39, 0.29) is 6.04 Å². The lowest BCUT2D eigenvalue weighted by molar-refractivity contribution is -0.166. The fraction of sp³-hybridized carbons (Fsp3) is 0.679. The Morgan fingerprint density at radius 1 is 1.24 bits per heavy atom. The van der Waals surface area contributed by atoms with Gasteiger partial charge in [0.15, 0.2) is 0 Å². The molecule has 182 valence electrons. The van der Waals surface area contributed by atoms with Crippen LogP contribution in [0.5, 0.6) is 0 Å². The highest BCUT2D eigenvalue weighted by Crippen LogP contribution is 2.61. The second-order valence-corrected chi connectivity index (χ2v) is 11.8. The Bertz CT molecular complexity index is 1010. The van der Waals surface area contributed by atoms with Crippen LogP contribution in [0.25, 0.3) is 0 Å². The number of amidine groups is 1. The number of aliphatic carboxylic acids is 1. The second-order valence-electron chi connectivity index (χ2n) is 11.8. The van der Waals surface area contributed by atoms with Gasteiger partial charge in [-0.05, 0) is 107 Å². The van der Waals surface area contributed by atoms with Gasteiger partial charge in [0, 0.05) is 0 Å². The standard InChI is InChI=1S/C28H38N4O2/c1-18-5-3-4-6-23(18)20-7-11-32(12-8-20)27(2,9-10-29)25(30)31-24-21-13-19-14-22(24)17-28(15-19,16-21)26(33)34/h3-6,19-22,24H,7-9,11-17H2,1-2H3,(H2,30,31)(H,33,34). The van der Waals surface area contributed by atoms with Crippen molar-refractivity contribution in [3.8, 4) is 6.07 Å². The molecule has 3 atom stereocenters. The Labute approximate surface area is 203 Å². The van der Waals surface area contributed by atoms with Crippen molar-refractivity contribution in [3.63, 3.8) is 0 Å². The average Bonchev–Trinajstić information content (AvgIpc) is 2.81. The summed E-state index contributed by atoms with van der Waals surface area (Å²) in [5, 5.41) is 19.6. The van der Waals surface area contributed by atoms with E-state index in [1.54, 1.807) is 0 Å². The lowest BCUT2D eigenvalue weighted by atomic mass is 9.48. The Hall–Kier alpha value is -2.39. The predicted molar refractivity (Wildman–Crippen MR) is 132 cm³/mol. The van der Waals surface area contributed by atoms with Gasteiger partial charge in [-0.25, -0.2) is 0 Å². The number of nitrogens with two attached hydrogens (primary N) is 1. The Kier molecular flexibility index (Phi) is 5.96. The van der Waals surface area contributed by atoms with Crippen LogP contribution in [0, 0.1) is 41.4 Å². The molecule has 6 rings (SSSR count). The number of aliphatic imine (C=N–C) groups is 1. The van der Waals surface area contributed by atoms with E-state index in [0.29, 0.717) is 35.9 Å². The van der Waals surface area contributed by atoms with E-state index >= 15 is 0 Å². The summed E-state index contributed by atoms with van der Waals surface area (Å²) in [6.07, 6.45) is 6.87. The van der Waals surface area contributed by atoms with Crippen LogP contribution in [-0.2, 0) is 4.79 Å². The lowest BCUT2D eigenvalue weighted by Gasteiger charge is -2.57. The monoisotopic (exact) mass is 462 g/mol. The van der Waals surface area contributed by atoms with Gasteiger partial charge in [0.2, 0.25) is 0 Å².